The Bertz CT molecular complexity index is 547. The molecule has 0 bridgehead atoms. The number of nitrogens with zero attached hydrogens (tertiary/aromatic N) is 1. The van der Waals surface area contributed by atoms with E-state index in [2.05, 4.69) is 11.9 Å². The van der Waals surface area contributed by atoms with Crippen molar-refractivity contribution in [3.63, 3.8) is 0 Å². The molecular formula is C14H24N2O2S2. The summed E-state index contributed by atoms with van der Waals surface area (Å²) in [6.07, 6.45) is 0. The van der Waals surface area contributed by atoms with Gasteiger partial charge in [-0.1, -0.05) is 32.9 Å². The maximum Gasteiger partial charge on any atom is 0.244 e. The van der Waals surface area contributed by atoms with Crippen LogP contribution >= 0.6 is 11.3 Å². The van der Waals surface area contributed by atoms with Crippen molar-refractivity contribution < 1.29 is 8.42 Å². The summed E-state index contributed by atoms with van der Waals surface area (Å²) in [7, 11) is -3.44. The van der Waals surface area contributed by atoms with E-state index in [1.54, 1.807) is 6.07 Å². The van der Waals surface area contributed by atoms with E-state index < -0.39 is 10.0 Å². The molecule has 0 aromatic carbocycles. The second-order valence-corrected chi connectivity index (χ2v) is 8.04. The zero-order valence-corrected chi connectivity index (χ0v) is 14.3. The molecule has 20 heavy (non-hydrogen) atoms. The van der Waals surface area contributed by atoms with E-state index in [1.165, 1.54) is 15.6 Å². The minimum Gasteiger partial charge on any atom is -0.310 e. The third-order valence-electron chi connectivity index (χ3n) is 2.79. The molecule has 114 valence electrons. The number of thiophene rings is 1. The second-order valence-electron chi connectivity index (χ2n) is 5.13. The van der Waals surface area contributed by atoms with Gasteiger partial charge >= 0.3 is 0 Å². The highest BCUT2D eigenvalue weighted by Gasteiger charge is 2.26. The van der Waals surface area contributed by atoms with Crippen LogP contribution in [0.2, 0.25) is 0 Å². The molecule has 0 radical (unpaired) electrons. The lowest BCUT2D eigenvalue weighted by Crippen LogP contribution is -2.33. The van der Waals surface area contributed by atoms with Gasteiger partial charge in [-0.05, 0) is 18.4 Å². The zero-order valence-electron chi connectivity index (χ0n) is 12.6. The molecule has 0 aliphatic carbocycles. The second kappa shape index (κ2) is 7.36. The van der Waals surface area contributed by atoms with Crippen molar-refractivity contribution in [2.75, 3.05) is 13.1 Å². The number of rotatable bonds is 8. The summed E-state index contributed by atoms with van der Waals surface area (Å²) < 4.78 is 26.8. The minimum atomic E-state index is -3.44. The van der Waals surface area contributed by atoms with Crippen LogP contribution in [0.15, 0.2) is 28.5 Å². The first-order valence-electron chi connectivity index (χ1n) is 6.73. The van der Waals surface area contributed by atoms with Crippen LogP contribution in [0.3, 0.4) is 0 Å². The molecule has 1 rings (SSSR count). The standard InChI is InChI=1S/C14H24N2O2S2/c1-6-16(10-11(2)3)20(17,18)14-7-8-19-13(14)9-15-12(4)5/h7-8,12,15H,2,6,9-10H2,1,3-5H3. The fraction of sp³-hybridized carbons (Fsp3) is 0.571. The van der Waals surface area contributed by atoms with Crippen molar-refractivity contribution >= 4 is 21.4 Å². The molecule has 0 fully saturated rings. The molecule has 0 atom stereocenters. The van der Waals surface area contributed by atoms with E-state index in [-0.39, 0.29) is 0 Å². The molecule has 0 unspecified atom stereocenters. The molecule has 0 saturated heterocycles. The fourth-order valence-electron chi connectivity index (χ4n) is 1.79. The molecule has 0 amide bonds. The van der Waals surface area contributed by atoms with E-state index in [0.29, 0.717) is 30.6 Å². The lowest BCUT2D eigenvalue weighted by Gasteiger charge is -2.21. The van der Waals surface area contributed by atoms with Crippen LogP contribution in [0.4, 0.5) is 0 Å². The summed E-state index contributed by atoms with van der Waals surface area (Å²) in [4.78, 5) is 1.28. The van der Waals surface area contributed by atoms with Gasteiger partial charge in [0.15, 0.2) is 0 Å². The number of hydrogen-bond donors (Lipinski definition) is 1. The van der Waals surface area contributed by atoms with Gasteiger partial charge in [-0.2, -0.15) is 4.31 Å². The summed E-state index contributed by atoms with van der Waals surface area (Å²) in [5, 5.41) is 5.10. The van der Waals surface area contributed by atoms with Crippen molar-refractivity contribution in [2.45, 2.75) is 45.2 Å². The predicted molar refractivity (Wildman–Crippen MR) is 85.5 cm³/mol. The summed E-state index contributed by atoms with van der Waals surface area (Å²) in [5.74, 6) is 0. The number of hydrogen-bond acceptors (Lipinski definition) is 4. The molecule has 0 saturated carbocycles. The summed E-state index contributed by atoms with van der Waals surface area (Å²) in [6.45, 7) is 13.0. The van der Waals surface area contributed by atoms with E-state index in [0.717, 1.165) is 10.5 Å². The lowest BCUT2D eigenvalue weighted by atomic mass is 10.3. The Hall–Kier alpha value is -0.690. The van der Waals surface area contributed by atoms with Crippen LogP contribution in [0.5, 0.6) is 0 Å². The van der Waals surface area contributed by atoms with Gasteiger partial charge in [0.1, 0.15) is 0 Å². The SMILES string of the molecule is C=C(C)CN(CC)S(=O)(=O)c1ccsc1CNC(C)C. The molecular weight excluding hydrogens is 292 g/mol. The molecule has 0 aliphatic heterocycles. The fourth-order valence-corrected chi connectivity index (χ4v) is 4.67. The van der Waals surface area contributed by atoms with Crippen LogP contribution in [0, 0.1) is 0 Å². The normalized spacial score (nSPS) is 12.3. The van der Waals surface area contributed by atoms with Gasteiger partial charge in [0.2, 0.25) is 10.0 Å². The zero-order chi connectivity index (χ0) is 15.3. The average molecular weight is 316 g/mol. The Morgan fingerprint density at radius 2 is 2.15 bits per heavy atom. The van der Waals surface area contributed by atoms with Gasteiger partial charge in [0.05, 0.1) is 4.90 Å². The molecule has 1 N–H and O–H groups in total. The number of sulfonamides is 1. The van der Waals surface area contributed by atoms with Crippen LogP contribution in [-0.2, 0) is 16.6 Å². The smallest absolute Gasteiger partial charge is 0.244 e. The van der Waals surface area contributed by atoms with Gasteiger partial charge < -0.3 is 5.32 Å². The lowest BCUT2D eigenvalue weighted by molar-refractivity contribution is 0.452. The molecule has 0 aliphatic rings. The Morgan fingerprint density at radius 3 is 2.65 bits per heavy atom. The topological polar surface area (TPSA) is 49.4 Å². The third kappa shape index (κ3) is 4.41. The summed E-state index contributed by atoms with van der Waals surface area (Å²) >= 11 is 1.47. The highest BCUT2D eigenvalue weighted by molar-refractivity contribution is 7.89. The summed E-state index contributed by atoms with van der Waals surface area (Å²) in [5.41, 5.74) is 0.840. The van der Waals surface area contributed by atoms with E-state index in [9.17, 15) is 8.42 Å². The van der Waals surface area contributed by atoms with Crippen molar-refractivity contribution in [1.82, 2.24) is 9.62 Å². The largest absolute Gasteiger partial charge is 0.310 e. The first-order valence-corrected chi connectivity index (χ1v) is 9.05. The monoisotopic (exact) mass is 316 g/mol. The summed E-state index contributed by atoms with van der Waals surface area (Å²) in [6, 6.07) is 2.02. The van der Waals surface area contributed by atoms with Gasteiger partial charge in [-0.15, -0.1) is 11.3 Å². The Morgan fingerprint density at radius 1 is 1.50 bits per heavy atom. The number of likely N-dealkylation sites (N-methyl/N-ethyl adjacent to an activating group) is 1. The first-order chi connectivity index (χ1) is 9.28. The van der Waals surface area contributed by atoms with Gasteiger partial charge in [-0.3, -0.25) is 0 Å². The molecule has 1 aromatic rings. The van der Waals surface area contributed by atoms with Crippen LogP contribution < -0.4 is 5.32 Å². The van der Waals surface area contributed by atoms with E-state index in [1.807, 2.05) is 33.1 Å². The van der Waals surface area contributed by atoms with Crippen molar-refractivity contribution in [3.05, 3.63) is 28.5 Å². The van der Waals surface area contributed by atoms with Crippen LogP contribution in [0.1, 0.15) is 32.6 Å². The number of nitrogens with one attached hydrogen (secondary N) is 1. The quantitative estimate of drug-likeness (QED) is 0.750. The van der Waals surface area contributed by atoms with Gasteiger partial charge in [-0.25, -0.2) is 8.42 Å². The van der Waals surface area contributed by atoms with Crippen molar-refractivity contribution in [2.24, 2.45) is 0 Å². The van der Waals surface area contributed by atoms with Gasteiger partial charge in [0, 0.05) is 30.6 Å². The maximum atomic E-state index is 12.7. The highest BCUT2D eigenvalue weighted by Crippen LogP contribution is 2.25. The molecule has 1 aromatic heterocycles. The minimum absolute atomic E-state index is 0.324. The van der Waals surface area contributed by atoms with E-state index >= 15 is 0 Å². The van der Waals surface area contributed by atoms with Gasteiger partial charge in [0.25, 0.3) is 0 Å². The third-order valence-corrected chi connectivity index (χ3v) is 5.85. The van der Waals surface area contributed by atoms with E-state index in [4.69, 9.17) is 0 Å². The highest BCUT2D eigenvalue weighted by atomic mass is 32.2. The Labute approximate surface area is 126 Å². The maximum absolute atomic E-state index is 12.7. The predicted octanol–water partition coefficient (Wildman–Crippen LogP) is 2.83. The molecule has 4 nitrogen and oxygen atoms in total. The Balaban J connectivity index is 3.02. The van der Waals surface area contributed by atoms with Crippen molar-refractivity contribution in [3.8, 4) is 0 Å². The molecule has 1 heterocycles. The molecule has 6 heteroatoms. The van der Waals surface area contributed by atoms with Crippen LogP contribution in [-0.4, -0.2) is 31.9 Å². The van der Waals surface area contributed by atoms with Crippen molar-refractivity contribution in [1.29, 1.82) is 0 Å². The average Bonchev–Trinajstić information content (AvgIpc) is 2.81. The van der Waals surface area contributed by atoms with Crippen LogP contribution in [0.25, 0.3) is 0 Å². The first kappa shape index (κ1) is 17.4. The molecule has 0 spiro atoms. The Kier molecular flexibility index (Phi) is 6.39.